The Balaban J connectivity index is 1.98. The van der Waals surface area contributed by atoms with Crippen molar-refractivity contribution in [2.45, 2.75) is 19.3 Å². The van der Waals surface area contributed by atoms with Crippen LogP contribution in [0.1, 0.15) is 28.3 Å². The van der Waals surface area contributed by atoms with Crippen molar-refractivity contribution in [3.05, 3.63) is 68.1 Å². The van der Waals surface area contributed by atoms with Crippen LogP contribution in [0.4, 0.5) is 0 Å². The Labute approximate surface area is 132 Å². The summed E-state index contributed by atoms with van der Waals surface area (Å²) < 4.78 is 6.39. The number of rotatable bonds is 3. The smallest absolute Gasteiger partial charge is 0.0725 e. The van der Waals surface area contributed by atoms with Crippen LogP contribution < -0.4 is 5.32 Å². The third-order valence-corrected chi connectivity index (χ3v) is 4.88. The number of ether oxygens (including phenoxy) is 1. The summed E-state index contributed by atoms with van der Waals surface area (Å²) >= 11 is 9.63. The zero-order valence-corrected chi connectivity index (χ0v) is 13.5. The highest BCUT2D eigenvalue weighted by atomic mass is 79.9. The van der Waals surface area contributed by atoms with E-state index in [4.69, 9.17) is 16.3 Å². The molecule has 0 bridgehead atoms. The van der Waals surface area contributed by atoms with Crippen molar-refractivity contribution >= 4 is 27.5 Å². The molecule has 2 aromatic rings. The van der Waals surface area contributed by atoms with Crippen LogP contribution in [0.25, 0.3) is 0 Å². The molecule has 0 saturated heterocycles. The van der Waals surface area contributed by atoms with Gasteiger partial charge in [-0.05, 0) is 57.4 Å². The number of fused-ring (bicyclic) bond motifs is 1. The molecule has 1 aliphatic heterocycles. The molecule has 0 saturated carbocycles. The predicted molar refractivity (Wildman–Crippen MR) is 85.0 cm³/mol. The summed E-state index contributed by atoms with van der Waals surface area (Å²) in [6.45, 7) is 1.44. The van der Waals surface area contributed by atoms with Crippen molar-refractivity contribution < 1.29 is 4.74 Å². The molecule has 104 valence electrons. The number of hydrogen-bond acceptors (Lipinski definition) is 2. The van der Waals surface area contributed by atoms with Gasteiger partial charge in [0, 0.05) is 4.47 Å². The zero-order chi connectivity index (χ0) is 14.1. The molecule has 0 amide bonds. The molecule has 2 nitrogen and oxygen atoms in total. The molecule has 1 unspecified atom stereocenters. The SMILES string of the molecule is CNC(c1ccc(Br)c(Cl)c1)c1ccc2c(c1)COC2. The van der Waals surface area contributed by atoms with Crippen LogP contribution in [0.5, 0.6) is 0 Å². The average Bonchev–Trinajstić information content (AvgIpc) is 2.91. The molecule has 1 heterocycles. The first-order valence-corrected chi connectivity index (χ1v) is 7.68. The van der Waals surface area contributed by atoms with Gasteiger partial charge in [0.25, 0.3) is 0 Å². The normalized spacial score (nSPS) is 15.2. The molecule has 4 heteroatoms. The maximum atomic E-state index is 6.20. The minimum absolute atomic E-state index is 0.131. The van der Waals surface area contributed by atoms with Gasteiger partial charge in [-0.2, -0.15) is 0 Å². The fraction of sp³-hybridized carbons (Fsp3) is 0.250. The topological polar surface area (TPSA) is 21.3 Å². The summed E-state index contributed by atoms with van der Waals surface area (Å²) in [7, 11) is 1.96. The van der Waals surface area contributed by atoms with Gasteiger partial charge in [-0.15, -0.1) is 0 Å². The Hall–Kier alpha value is -0.870. The van der Waals surface area contributed by atoms with Gasteiger partial charge in [-0.3, -0.25) is 0 Å². The van der Waals surface area contributed by atoms with Crippen LogP contribution in [0.15, 0.2) is 40.9 Å². The maximum Gasteiger partial charge on any atom is 0.0725 e. The van der Waals surface area contributed by atoms with Crippen molar-refractivity contribution in [1.29, 1.82) is 0 Å². The van der Waals surface area contributed by atoms with Gasteiger partial charge in [-0.1, -0.05) is 35.9 Å². The summed E-state index contributed by atoms with van der Waals surface area (Å²) in [5, 5.41) is 4.09. The highest BCUT2D eigenvalue weighted by Crippen LogP contribution is 2.31. The lowest BCUT2D eigenvalue weighted by molar-refractivity contribution is 0.134. The molecule has 1 atom stereocenters. The molecule has 20 heavy (non-hydrogen) atoms. The van der Waals surface area contributed by atoms with Crippen molar-refractivity contribution in [3.8, 4) is 0 Å². The van der Waals surface area contributed by atoms with E-state index in [9.17, 15) is 0 Å². The second-order valence-electron chi connectivity index (χ2n) is 4.92. The average molecular weight is 353 g/mol. The number of nitrogens with one attached hydrogen (secondary N) is 1. The fourth-order valence-corrected chi connectivity index (χ4v) is 3.02. The lowest BCUT2D eigenvalue weighted by Crippen LogP contribution is -2.17. The van der Waals surface area contributed by atoms with E-state index >= 15 is 0 Å². The number of benzene rings is 2. The minimum Gasteiger partial charge on any atom is -0.372 e. The van der Waals surface area contributed by atoms with Crippen LogP contribution >= 0.6 is 27.5 Å². The number of halogens is 2. The predicted octanol–water partition coefficient (Wildman–Crippen LogP) is 4.44. The van der Waals surface area contributed by atoms with Crippen molar-refractivity contribution in [1.82, 2.24) is 5.32 Å². The summed E-state index contributed by atoms with van der Waals surface area (Å²) in [6.07, 6.45) is 0. The largest absolute Gasteiger partial charge is 0.372 e. The molecule has 1 N–H and O–H groups in total. The lowest BCUT2D eigenvalue weighted by atomic mass is 9.96. The van der Waals surface area contributed by atoms with Gasteiger partial charge in [0.2, 0.25) is 0 Å². The second-order valence-corrected chi connectivity index (χ2v) is 6.18. The van der Waals surface area contributed by atoms with E-state index in [2.05, 4.69) is 45.5 Å². The van der Waals surface area contributed by atoms with Gasteiger partial charge in [0.15, 0.2) is 0 Å². The summed E-state index contributed by atoms with van der Waals surface area (Å²) in [6, 6.07) is 12.7. The molecule has 2 aromatic carbocycles. The Bertz CT molecular complexity index is 644. The second kappa shape index (κ2) is 5.86. The van der Waals surface area contributed by atoms with Gasteiger partial charge in [0.1, 0.15) is 0 Å². The molecule has 0 radical (unpaired) electrons. The summed E-state index contributed by atoms with van der Waals surface area (Å²) in [5.74, 6) is 0. The third-order valence-electron chi connectivity index (χ3n) is 3.64. The van der Waals surface area contributed by atoms with E-state index in [1.54, 1.807) is 0 Å². The highest BCUT2D eigenvalue weighted by molar-refractivity contribution is 9.10. The van der Waals surface area contributed by atoms with E-state index < -0.39 is 0 Å². The number of hydrogen-bond donors (Lipinski definition) is 1. The first-order chi connectivity index (χ1) is 9.69. The van der Waals surface area contributed by atoms with E-state index in [0.29, 0.717) is 6.61 Å². The first-order valence-electron chi connectivity index (χ1n) is 6.50. The van der Waals surface area contributed by atoms with Gasteiger partial charge in [-0.25, -0.2) is 0 Å². The Morgan fingerprint density at radius 1 is 1.10 bits per heavy atom. The van der Waals surface area contributed by atoms with Crippen LogP contribution in [-0.2, 0) is 18.0 Å². The first kappa shape index (κ1) is 14.1. The minimum atomic E-state index is 0.131. The Morgan fingerprint density at radius 3 is 2.55 bits per heavy atom. The third kappa shape index (κ3) is 2.63. The molecule has 1 aliphatic rings. The molecular weight excluding hydrogens is 338 g/mol. The molecule has 0 spiro atoms. The van der Waals surface area contributed by atoms with Crippen molar-refractivity contribution in [3.63, 3.8) is 0 Å². The quantitative estimate of drug-likeness (QED) is 0.881. The molecule has 0 fully saturated rings. The molecule has 3 rings (SSSR count). The molecule has 0 aliphatic carbocycles. The van der Waals surface area contributed by atoms with Gasteiger partial charge < -0.3 is 10.1 Å². The van der Waals surface area contributed by atoms with Crippen LogP contribution in [0.3, 0.4) is 0 Å². The molecule has 0 aromatic heterocycles. The zero-order valence-electron chi connectivity index (χ0n) is 11.1. The lowest BCUT2D eigenvalue weighted by Gasteiger charge is -2.18. The summed E-state index contributed by atoms with van der Waals surface area (Å²) in [5.41, 5.74) is 4.96. The van der Waals surface area contributed by atoms with Crippen molar-refractivity contribution in [2.24, 2.45) is 0 Å². The van der Waals surface area contributed by atoms with E-state index in [0.717, 1.165) is 21.7 Å². The monoisotopic (exact) mass is 351 g/mol. The Morgan fingerprint density at radius 2 is 1.80 bits per heavy atom. The maximum absolute atomic E-state index is 6.20. The van der Waals surface area contributed by atoms with Gasteiger partial charge >= 0.3 is 0 Å². The standard InChI is InChI=1S/C16H15BrClNO/c1-19-16(11-4-5-14(17)15(18)7-11)10-2-3-12-8-20-9-13(12)6-10/h2-7,16,19H,8-9H2,1H3. The van der Waals surface area contributed by atoms with E-state index in [1.807, 2.05) is 19.2 Å². The van der Waals surface area contributed by atoms with E-state index in [-0.39, 0.29) is 6.04 Å². The van der Waals surface area contributed by atoms with Gasteiger partial charge in [0.05, 0.1) is 24.3 Å². The fourth-order valence-electron chi connectivity index (χ4n) is 2.59. The van der Waals surface area contributed by atoms with Crippen LogP contribution in [0.2, 0.25) is 5.02 Å². The van der Waals surface area contributed by atoms with Crippen molar-refractivity contribution in [2.75, 3.05) is 7.05 Å². The highest BCUT2D eigenvalue weighted by Gasteiger charge is 2.17. The molecular formula is C16H15BrClNO. The summed E-state index contributed by atoms with van der Waals surface area (Å²) in [4.78, 5) is 0. The van der Waals surface area contributed by atoms with Crippen LogP contribution in [-0.4, -0.2) is 7.05 Å². The Kier molecular flexibility index (Phi) is 4.13. The van der Waals surface area contributed by atoms with Crippen LogP contribution in [0, 0.1) is 0 Å². The van der Waals surface area contributed by atoms with E-state index in [1.165, 1.54) is 16.7 Å².